The van der Waals surface area contributed by atoms with Crippen molar-refractivity contribution in [3.8, 4) is 0 Å². The average molecular weight is 401 g/mol. The summed E-state index contributed by atoms with van der Waals surface area (Å²) in [7, 11) is 0. The topological polar surface area (TPSA) is 54.3 Å². The van der Waals surface area contributed by atoms with E-state index in [1.54, 1.807) is 0 Å². The first-order valence-electron chi connectivity index (χ1n) is 10.0. The zero-order valence-electron chi connectivity index (χ0n) is 16.7. The second-order valence-electron chi connectivity index (χ2n) is 7.58. The highest BCUT2D eigenvalue weighted by Gasteiger charge is 2.22. The van der Waals surface area contributed by atoms with E-state index in [9.17, 15) is 9.90 Å². The Balaban J connectivity index is 1.73. The smallest absolute Gasteiger partial charge is 0.337 e. The van der Waals surface area contributed by atoms with Crippen LogP contribution in [0.5, 0.6) is 0 Å². The number of hydrogen-bond acceptors (Lipinski definition) is 2. The van der Waals surface area contributed by atoms with Gasteiger partial charge in [0.25, 0.3) is 0 Å². The summed E-state index contributed by atoms with van der Waals surface area (Å²) in [5.41, 5.74) is 5.75. The van der Waals surface area contributed by atoms with Gasteiger partial charge in [0.1, 0.15) is 0 Å². The maximum Gasteiger partial charge on any atom is 0.337 e. The van der Waals surface area contributed by atoms with Crippen LogP contribution < -0.4 is 5.32 Å². The van der Waals surface area contributed by atoms with Crippen molar-refractivity contribution < 1.29 is 9.90 Å². The summed E-state index contributed by atoms with van der Waals surface area (Å²) >= 11 is 5.98. The molecule has 4 nitrogen and oxygen atoms in total. The van der Waals surface area contributed by atoms with Gasteiger partial charge in [0, 0.05) is 35.1 Å². The zero-order valence-corrected chi connectivity index (χ0v) is 17.5. The van der Waals surface area contributed by atoms with Gasteiger partial charge in [0.05, 0.1) is 5.56 Å². The Kier molecular flexibility index (Phi) is 6.97. The first-order valence-corrected chi connectivity index (χ1v) is 10.4. The molecule has 0 spiro atoms. The molecule has 5 heteroatoms. The molecule has 0 saturated carbocycles. The van der Waals surface area contributed by atoms with Crippen LogP contribution in [0.3, 0.4) is 0 Å². The molecule has 0 bridgehead atoms. The third kappa shape index (κ3) is 4.86. The van der Waals surface area contributed by atoms with Crippen molar-refractivity contribution >= 4 is 17.6 Å². The monoisotopic (exact) mass is 400 g/mol. The van der Waals surface area contributed by atoms with Crippen LogP contribution in [0.4, 0.5) is 0 Å². The highest BCUT2D eigenvalue weighted by molar-refractivity contribution is 6.30. The summed E-state index contributed by atoms with van der Waals surface area (Å²) in [5.74, 6) is -0.859. The number of aromatic nitrogens is 1. The molecule has 0 unspecified atom stereocenters. The molecule has 0 saturated heterocycles. The van der Waals surface area contributed by atoms with Crippen LogP contribution in [-0.4, -0.2) is 22.2 Å². The van der Waals surface area contributed by atoms with Crippen molar-refractivity contribution in [2.75, 3.05) is 6.54 Å². The Hall–Kier alpha value is -2.04. The van der Waals surface area contributed by atoms with Gasteiger partial charge in [-0.25, -0.2) is 4.79 Å². The normalized spacial score (nSPS) is 14.2. The lowest BCUT2D eigenvalue weighted by molar-refractivity contribution is 0.0694. The molecule has 1 aromatic carbocycles. The molecule has 0 fully saturated rings. The van der Waals surface area contributed by atoms with Crippen LogP contribution in [0.25, 0.3) is 0 Å². The Labute approximate surface area is 172 Å². The number of rotatable bonds is 8. The number of carboxylic acids is 1. The minimum Gasteiger partial charge on any atom is -0.478 e. The molecule has 1 aliphatic carbocycles. The van der Waals surface area contributed by atoms with Crippen molar-refractivity contribution in [1.82, 2.24) is 9.88 Å². The lowest BCUT2D eigenvalue weighted by Crippen LogP contribution is -2.18. The molecule has 3 rings (SSSR count). The number of carboxylic acid groups (broad SMARTS) is 1. The number of carbonyl (C=O) groups is 1. The number of halogens is 1. The quantitative estimate of drug-likeness (QED) is 0.455. The van der Waals surface area contributed by atoms with E-state index in [0.717, 1.165) is 35.5 Å². The molecule has 1 aromatic heterocycles. The lowest BCUT2D eigenvalue weighted by atomic mass is 9.97. The Bertz CT molecular complexity index is 866. The number of benzene rings is 1. The number of allylic oxidation sites excluding steroid dienone is 1. The van der Waals surface area contributed by atoms with E-state index in [1.807, 2.05) is 38.1 Å². The molecule has 0 aliphatic heterocycles. The molecule has 2 N–H and O–H groups in total. The molecular formula is C23H29ClN2O2. The largest absolute Gasteiger partial charge is 0.478 e. The van der Waals surface area contributed by atoms with E-state index < -0.39 is 5.97 Å². The van der Waals surface area contributed by atoms with Gasteiger partial charge in [-0.05, 0) is 70.2 Å². The number of aromatic carboxylic acids is 1. The molecule has 0 atom stereocenters. The van der Waals surface area contributed by atoms with Crippen molar-refractivity contribution in [2.24, 2.45) is 0 Å². The number of hydrogen-bond donors (Lipinski definition) is 2. The summed E-state index contributed by atoms with van der Waals surface area (Å²) in [6.45, 7) is 6.00. The van der Waals surface area contributed by atoms with Crippen LogP contribution in [0.2, 0.25) is 5.02 Å². The molecule has 0 amide bonds. The number of nitrogens with zero attached hydrogens (tertiary/aromatic N) is 1. The van der Waals surface area contributed by atoms with Gasteiger partial charge in [-0.1, -0.05) is 35.4 Å². The van der Waals surface area contributed by atoms with Crippen molar-refractivity contribution in [1.29, 1.82) is 0 Å². The summed E-state index contributed by atoms with van der Waals surface area (Å²) in [4.78, 5) is 11.9. The van der Waals surface area contributed by atoms with Crippen LogP contribution >= 0.6 is 11.6 Å². The lowest BCUT2D eigenvalue weighted by Gasteiger charge is -2.13. The van der Waals surface area contributed by atoms with Crippen molar-refractivity contribution in [3.05, 3.63) is 69.0 Å². The standard InChI is InChI=1S/C23H29ClN2O2/c1-16-21(14-25-13-12-18-6-4-3-5-7-18)22(23(27)28)17(2)26(16)15-19-8-10-20(24)11-9-19/h6,8-11,25H,3-5,7,12-15H2,1-2H3,(H,27,28). The van der Waals surface area contributed by atoms with E-state index in [-0.39, 0.29) is 0 Å². The van der Waals surface area contributed by atoms with E-state index in [2.05, 4.69) is 16.0 Å². The highest BCUT2D eigenvalue weighted by Crippen LogP contribution is 2.25. The summed E-state index contributed by atoms with van der Waals surface area (Å²) in [6.07, 6.45) is 8.42. The second kappa shape index (κ2) is 9.44. The molecule has 150 valence electrons. The first kappa shape index (κ1) is 20.7. The molecule has 1 aliphatic rings. The fourth-order valence-electron chi connectivity index (χ4n) is 4.05. The van der Waals surface area contributed by atoms with E-state index in [0.29, 0.717) is 23.7 Å². The van der Waals surface area contributed by atoms with Gasteiger partial charge in [0.15, 0.2) is 0 Å². The fourth-order valence-corrected chi connectivity index (χ4v) is 4.18. The predicted molar refractivity (Wildman–Crippen MR) is 114 cm³/mol. The molecule has 2 aromatic rings. The second-order valence-corrected chi connectivity index (χ2v) is 8.01. The Morgan fingerprint density at radius 2 is 1.93 bits per heavy atom. The first-order chi connectivity index (χ1) is 13.5. The van der Waals surface area contributed by atoms with Gasteiger partial charge in [-0.15, -0.1) is 0 Å². The molecule has 28 heavy (non-hydrogen) atoms. The molecule has 1 heterocycles. The van der Waals surface area contributed by atoms with Gasteiger partial charge < -0.3 is 15.0 Å². The predicted octanol–water partition coefficient (Wildman–Crippen LogP) is 5.48. The third-order valence-electron chi connectivity index (χ3n) is 5.69. The van der Waals surface area contributed by atoms with Gasteiger partial charge in [0.2, 0.25) is 0 Å². The average Bonchev–Trinajstić information content (AvgIpc) is 2.92. The minimum absolute atomic E-state index is 0.427. The summed E-state index contributed by atoms with van der Waals surface area (Å²) < 4.78 is 2.09. The van der Waals surface area contributed by atoms with Gasteiger partial charge >= 0.3 is 5.97 Å². The minimum atomic E-state index is -0.859. The van der Waals surface area contributed by atoms with Crippen LogP contribution in [0.15, 0.2) is 35.9 Å². The fraction of sp³-hybridized carbons (Fsp3) is 0.435. The zero-order chi connectivity index (χ0) is 20.1. The maximum absolute atomic E-state index is 11.9. The van der Waals surface area contributed by atoms with E-state index >= 15 is 0 Å². The van der Waals surface area contributed by atoms with Gasteiger partial charge in [-0.2, -0.15) is 0 Å². The van der Waals surface area contributed by atoms with Crippen LogP contribution in [0.1, 0.15) is 65.0 Å². The third-order valence-corrected chi connectivity index (χ3v) is 5.94. The van der Waals surface area contributed by atoms with E-state index in [1.165, 1.54) is 31.3 Å². The SMILES string of the molecule is Cc1c(CNCCC2=CCCCC2)c(C(=O)O)c(C)n1Cc1ccc(Cl)cc1. The molecular weight excluding hydrogens is 372 g/mol. The highest BCUT2D eigenvalue weighted by atomic mass is 35.5. The van der Waals surface area contributed by atoms with Gasteiger partial charge in [-0.3, -0.25) is 0 Å². The molecule has 0 radical (unpaired) electrons. The van der Waals surface area contributed by atoms with Crippen molar-refractivity contribution in [3.63, 3.8) is 0 Å². The Morgan fingerprint density at radius 3 is 2.57 bits per heavy atom. The van der Waals surface area contributed by atoms with Crippen LogP contribution in [-0.2, 0) is 13.1 Å². The number of nitrogens with one attached hydrogen (secondary N) is 1. The van der Waals surface area contributed by atoms with Crippen LogP contribution in [0, 0.1) is 13.8 Å². The maximum atomic E-state index is 11.9. The Morgan fingerprint density at radius 1 is 1.18 bits per heavy atom. The summed E-state index contributed by atoms with van der Waals surface area (Å²) in [5, 5.41) is 13.9. The van der Waals surface area contributed by atoms with E-state index in [4.69, 9.17) is 11.6 Å². The van der Waals surface area contributed by atoms with Crippen molar-refractivity contribution in [2.45, 2.75) is 59.0 Å². The summed E-state index contributed by atoms with van der Waals surface area (Å²) in [6, 6.07) is 7.70.